The number of carbonyl (C=O) groups excluding carboxylic acids is 2. The number of imide groups is 1. The molecule has 1 aliphatic rings. The average molecular weight is 474 g/mol. The van der Waals surface area contributed by atoms with E-state index in [1.54, 1.807) is 6.08 Å². The van der Waals surface area contributed by atoms with Gasteiger partial charge in [-0.3, -0.25) is 14.5 Å². The first-order valence-corrected chi connectivity index (χ1v) is 11.1. The molecule has 0 aliphatic carbocycles. The van der Waals surface area contributed by atoms with Crippen molar-refractivity contribution in [2.24, 2.45) is 0 Å². The Hall–Kier alpha value is -2.05. The summed E-state index contributed by atoms with van der Waals surface area (Å²) in [6.45, 7) is 8.34. The van der Waals surface area contributed by atoms with E-state index in [1.165, 1.54) is 4.90 Å². The lowest BCUT2D eigenvalue weighted by Crippen LogP contribution is -2.27. The minimum absolute atomic E-state index is 0.147. The molecule has 2 aromatic rings. The first kappa shape index (κ1) is 21.7. The quantitative estimate of drug-likeness (QED) is 0.494. The molecule has 152 valence electrons. The van der Waals surface area contributed by atoms with Crippen LogP contribution in [0.3, 0.4) is 0 Å². The molecule has 2 amide bonds. The summed E-state index contributed by atoms with van der Waals surface area (Å²) in [5.74, 6) is 0.324. The fourth-order valence-corrected chi connectivity index (χ4v) is 4.33. The Morgan fingerprint density at radius 1 is 1.03 bits per heavy atom. The number of benzene rings is 2. The maximum atomic E-state index is 12.9. The number of halogens is 1. The smallest absolute Gasteiger partial charge is 0.293 e. The number of carbonyl (C=O) groups is 2. The van der Waals surface area contributed by atoms with Crippen molar-refractivity contribution in [2.75, 3.05) is 0 Å². The molecule has 4 nitrogen and oxygen atoms in total. The molecule has 2 aromatic carbocycles. The van der Waals surface area contributed by atoms with Crippen LogP contribution in [0.2, 0.25) is 0 Å². The summed E-state index contributed by atoms with van der Waals surface area (Å²) in [5, 5.41) is 10.3. The molecule has 1 N–H and O–H groups in total. The SMILES string of the molecule is CC(C)c1cc(/C=C2\SC(=O)N(Cc3ccc(Br)cc3)C2=O)cc(C(C)C)c1O. The van der Waals surface area contributed by atoms with E-state index in [1.807, 2.05) is 64.1 Å². The van der Waals surface area contributed by atoms with Crippen molar-refractivity contribution >= 4 is 44.9 Å². The Balaban J connectivity index is 1.92. The van der Waals surface area contributed by atoms with Gasteiger partial charge >= 0.3 is 0 Å². The monoisotopic (exact) mass is 473 g/mol. The van der Waals surface area contributed by atoms with Gasteiger partial charge in [-0.15, -0.1) is 0 Å². The molecule has 0 atom stereocenters. The van der Waals surface area contributed by atoms with Crippen molar-refractivity contribution < 1.29 is 14.7 Å². The lowest BCUT2D eigenvalue weighted by Gasteiger charge is -2.16. The first-order chi connectivity index (χ1) is 13.7. The topological polar surface area (TPSA) is 57.6 Å². The molecule has 1 heterocycles. The van der Waals surface area contributed by atoms with Gasteiger partial charge in [0.05, 0.1) is 11.4 Å². The third kappa shape index (κ3) is 4.75. The molecule has 0 radical (unpaired) electrons. The van der Waals surface area contributed by atoms with Crippen LogP contribution in [0, 0.1) is 0 Å². The second kappa shape index (κ2) is 8.76. The van der Waals surface area contributed by atoms with E-state index in [9.17, 15) is 14.7 Å². The van der Waals surface area contributed by atoms with E-state index in [4.69, 9.17) is 0 Å². The predicted octanol–water partition coefficient (Wildman–Crippen LogP) is 6.64. The van der Waals surface area contributed by atoms with Gasteiger partial charge in [-0.2, -0.15) is 0 Å². The maximum Gasteiger partial charge on any atom is 0.293 e. The van der Waals surface area contributed by atoms with E-state index in [0.717, 1.165) is 38.5 Å². The molecule has 0 unspecified atom stereocenters. The van der Waals surface area contributed by atoms with Crippen LogP contribution in [0.1, 0.15) is 61.8 Å². The number of phenols is 1. The number of aromatic hydroxyl groups is 1. The highest BCUT2D eigenvalue weighted by molar-refractivity contribution is 9.10. The van der Waals surface area contributed by atoms with E-state index < -0.39 is 0 Å². The minimum atomic E-state index is -0.284. The zero-order chi connectivity index (χ0) is 21.3. The van der Waals surface area contributed by atoms with Crippen molar-refractivity contribution in [1.29, 1.82) is 0 Å². The van der Waals surface area contributed by atoms with Gasteiger partial charge in [-0.05, 0) is 76.2 Å². The van der Waals surface area contributed by atoms with E-state index in [-0.39, 0.29) is 29.5 Å². The molecular formula is C23H24BrNO3S. The zero-order valence-corrected chi connectivity index (χ0v) is 19.3. The Morgan fingerprint density at radius 3 is 2.10 bits per heavy atom. The molecule has 0 saturated carbocycles. The average Bonchev–Trinajstić information content (AvgIpc) is 2.91. The number of phenolic OH excluding ortho intramolecular Hbond substituents is 1. The Morgan fingerprint density at radius 2 is 1.59 bits per heavy atom. The van der Waals surface area contributed by atoms with Gasteiger partial charge in [0.2, 0.25) is 0 Å². The van der Waals surface area contributed by atoms with Gasteiger partial charge in [-0.25, -0.2) is 0 Å². The highest BCUT2D eigenvalue weighted by Gasteiger charge is 2.35. The fourth-order valence-electron chi connectivity index (χ4n) is 3.23. The summed E-state index contributed by atoms with van der Waals surface area (Å²) >= 11 is 4.35. The summed E-state index contributed by atoms with van der Waals surface area (Å²) in [6, 6.07) is 11.4. The van der Waals surface area contributed by atoms with Gasteiger partial charge in [0.1, 0.15) is 5.75 Å². The predicted molar refractivity (Wildman–Crippen MR) is 122 cm³/mol. The number of hydrogen-bond acceptors (Lipinski definition) is 4. The first-order valence-electron chi connectivity index (χ1n) is 9.54. The van der Waals surface area contributed by atoms with Gasteiger partial charge in [0, 0.05) is 4.47 Å². The number of hydrogen-bond donors (Lipinski definition) is 1. The largest absolute Gasteiger partial charge is 0.507 e. The number of amides is 2. The highest BCUT2D eigenvalue weighted by Crippen LogP contribution is 2.38. The Labute approximate surface area is 184 Å². The van der Waals surface area contributed by atoms with Crippen LogP contribution in [0.25, 0.3) is 6.08 Å². The van der Waals surface area contributed by atoms with E-state index >= 15 is 0 Å². The van der Waals surface area contributed by atoms with Gasteiger partial charge in [-0.1, -0.05) is 55.8 Å². The summed E-state index contributed by atoms with van der Waals surface area (Å²) in [4.78, 5) is 27.0. The van der Waals surface area contributed by atoms with Crippen LogP contribution >= 0.6 is 27.7 Å². The molecule has 6 heteroatoms. The Kier molecular flexibility index (Phi) is 6.54. The van der Waals surface area contributed by atoms with Crippen LogP contribution in [-0.4, -0.2) is 21.2 Å². The lowest BCUT2D eigenvalue weighted by atomic mass is 9.91. The van der Waals surface area contributed by atoms with Crippen molar-refractivity contribution in [3.8, 4) is 5.75 Å². The molecule has 29 heavy (non-hydrogen) atoms. The van der Waals surface area contributed by atoms with Crippen LogP contribution < -0.4 is 0 Å². The minimum Gasteiger partial charge on any atom is -0.507 e. The van der Waals surface area contributed by atoms with Crippen LogP contribution in [0.5, 0.6) is 5.75 Å². The Bertz CT molecular complexity index is 951. The third-order valence-electron chi connectivity index (χ3n) is 4.86. The highest BCUT2D eigenvalue weighted by atomic mass is 79.9. The molecule has 0 aromatic heterocycles. The molecular weight excluding hydrogens is 450 g/mol. The van der Waals surface area contributed by atoms with Crippen LogP contribution in [0.4, 0.5) is 4.79 Å². The number of thioether (sulfide) groups is 1. The summed E-state index contributed by atoms with van der Waals surface area (Å²) in [7, 11) is 0. The second-order valence-electron chi connectivity index (χ2n) is 7.75. The lowest BCUT2D eigenvalue weighted by molar-refractivity contribution is -0.123. The number of nitrogens with zero attached hydrogens (tertiary/aromatic N) is 1. The van der Waals surface area contributed by atoms with Crippen molar-refractivity contribution in [2.45, 2.75) is 46.1 Å². The summed E-state index contributed by atoms with van der Waals surface area (Å²) in [5.41, 5.74) is 3.41. The standard InChI is InChI=1S/C23H24BrNO3S/c1-13(2)18-9-16(10-19(14(3)4)21(18)26)11-20-22(27)25(23(28)29-20)12-15-5-7-17(24)8-6-15/h5-11,13-14,26H,12H2,1-4H3/b20-11-. The van der Waals surface area contributed by atoms with Crippen molar-refractivity contribution in [1.82, 2.24) is 4.90 Å². The summed E-state index contributed by atoms with van der Waals surface area (Å²) < 4.78 is 0.949. The van der Waals surface area contributed by atoms with Gasteiger partial charge < -0.3 is 5.11 Å². The van der Waals surface area contributed by atoms with E-state index in [0.29, 0.717) is 10.7 Å². The van der Waals surface area contributed by atoms with Crippen LogP contribution in [-0.2, 0) is 11.3 Å². The molecule has 3 rings (SSSR count). The second-order valence-corrected chi connectivity index (χ2v) is 9.66. The summed E-state index contributed by atoms with van der Waals surface area (Å²) in [6.07, 6.45) is 1.75. The molecule has 0 bridgehead atoms. The zero-order valence-electron chi connectivity index (χ0n) is 16.9. The number of rotatable bonds is 5. The maximum absolute atomic E-state index is 12.9. The van der Waals surface area contributed by atoms with Crippen molar-refractivity contribution in [3.63, 3.8) is 0 Å². The van der Waals surface area contributed by atoms with Crippen molar-refractivity contribution in [3.05, 3.63) is 68.0 Å². The molecule has 0 spiro atoms. The van der Waals surface area contributed by atoms with Gasteiger partial charge in [0.25, 0.3) is 11.1 Å². The van der Waals surface area contributed by atoms with Gasteiger partial charge in [0.15, 0.2) is 0 Å². The molecule has 1 saturated heterocycles. The van der Waals surface area contributed by atoms with E-state index in [2.05, 4.69) is 15.9 Å². The normalized spacial score (nSPS) is 16.0. The fraction of sp³-hybridized carbons (Fsp3) is 0.304. The molecule has 1 aliphatic heterocycles. The third-order valence-corrected chi connectivity index (χ3v) is 6.30. The van der Waals surface area contributed by atoms with Crippen LogP contribution in [0.15, 0.2) is 45.8 Å². The molecule has 1 fully saturated rings.